The van der Waals surface area contributed by atoms with Crippen molar-refractivity contribution >= 4 is 28.5 Å². The summed E-state index contributed by atoms with van der Waals surface area (Å²) in [5.74, 6) is -0.927. The molecule has 1 heterocycles. The van der Waals surface area contributed by atoms with E-state index in [2.05, 4.69) is 6.92 Å². The average molecular weight is 347 g/mol. The monoisotopic (exact) mass is 347 g/mol. The molecular formula is C22H18FNO2. The van der Waals surface area contributed by atoms with Gasteiger partial charge in [-0.15, -0.1) is 0 Å². The van der Waals surface area contributed by atoms with Gasteiger partial charge in [-0.05, 0) is 59.7 Å². The normalized spacial score (nSPS) is 18.1. The Morgan fingerprint density at radius 3 is 2.77 bits per heavy atom. The Hall–Kier alpha value is -3.01. The van der Waals surface area contributed by atoms with Crippen molar-refractivity contribution in [1.82, 2.24) is 4.98 Å². The number of allylic oxidation sites excluding steroid dienone is 1. The molecule has 26 heavy (non-hydrogen) atoms. The van der Waals surface area contributed by atoms with Crippen LogP contribution in [0, 0.1) is 11.7 Å². The minimum atomic E-state index is -0.931. The van der Waals surface area contributed by atoms with Gasteiger partial charge in [0.2, 0.25) is 0 Å². The van der Waals surface area contributed by atoms with Crippen molar-refractivity contribution in [3.8, 4) is 0 Å². The maximum atomic E-state index is 13.5. The van der Waals surface area contributed by atoms with E-state index in [-0.39, 0.29) is 5.82 Å². The number of rotatable bonds is 2. The Labute approximate surface area is 150 Å². The predicted octanol–water partition coefficient (Wildman–Crippen LogP) is 5.20. The van der Waals surface area contributed by atoms with Gasteiger partial charge < -0.3 is 5.11 Å². The minimum absolute atomic E-state index is 0.291. The van der Waals surface area contributed by atoms with E-state index in [1.807, 2.05) is 30.3 Å². The Balaban J connectivity index is 1.99. The van der Waals surface area contributed by atoms with E-state index < -0.39 is 5.97 Å². The molecule has 4 heteroatoms. The molecule has 1 atom stereocenters. The first-order valence-corrected chi connectivity index (χ1v) is 8.64. The topological polar surface area (TPSA) is 50.2 Å². The molecule has 0 bridgehead atoms. The number of halogens is 1. The van der Waals surface area contributed by atoms with Gasteiger partial charge in [0.15, 0.2) is 0 Å². The zero-order valence-corrected chi connectivity index (χ0v) is 14.4. The third-order valence-electron chi connectivity index (χ3n) is 4.82. The first-order valence-electron chi connectivity index (χ1n) is 8.64. The summed E-state index contributed by atoms with van der Waals surface area (Å²) in [5, 5.41) is 10.5. The van der Waals surface area contributed by atoms with Crippen molar-refractivity contribution in [2.45, 2.75) is 19.8 Å². The third kappa shape index (κ3) is 2.88. The van der Waals surface area contributed by atoms with Gasteiger partial charge in [-0.25, -0.2) is 14.2 Å². The van der Waals surface area contributed by atoms with Crippen LogP contribution in [0.2, 0.25) is 0 Å². The van der Waals surface area contributed by atoms with Gasteiger partial charge in [0.05, 0.1) is 16.8 Å². The standard InChI is InChI=1S/C22H18FNO2/c1-13-9-15(11-14-5-4-6-16(23)12-14)21-18(10-13)20(22(25)26)17-7-2-3-8-19(17)24-21/h2-8,11-13H,9-10H2,1H3,(H,25,26)/b15-11+. The van der Waals surface area contributed by atoms with E-state index in [9.17, 15) is 14.3 Å². The summed E-state index contributed by atoms with van der Waals surface area (Å²) < 4.78 is 13.5. The van der Waals surface area contributed by atoms with Gasteiger partial charge >= 0.3 is 5.97 Å². The van der Waals surface area contributed by atoms with Crippen LogP contribution in [0.15, 0.2) is 48.5 Å². The average Bonchev–Trinajstić information content (AvgIpc) is 2.59. The summed E-state index contributed by atoms with van der Waals surface area (Å²) in [6.45, 7) is 2.10. The zero-order valence-electron chi connectivity index (χ0n) is 14.4. The Kier molecular flexibility index (Phi) is 4.03. The van der Waals surface area contributed by atoms with Gasteiger partial charge in [0, 0.05) is 5.39 Å². The predicted molar refractivity (Wildman–Crippen MR) is 100 cm³/mol. The highest BCUT2D eigenvalue weighted by molar-refractivity contribution is 6.05. The van der Waals surface area contributed by atoms with Crippen molar-refractivity contribution in [2.75, 3.05) is 0 Å². The summed E-state index contributed by atoms with van der Waals surface area (Å²) in [6.07, 6.45) is 3.38. The van der Waals surface area contributed by atoms with Gasteiger partial charge in [0.1, 0.15) is 5.82 Å². The first kappa shape index (κ1) is 16.5. The molecule has 130 valence electrons. The number of aromatic nitrogens is 1. The Morgan fingerprint density at radius 1 is 1.19 bits per heavy atom. The second kappa shape index (κ2) is 6.37. The highest BCUT2D eigenvalue weighted by Crippen LogP contribution is 2.38. The SMILES string of the molecule is CC1C/C(=C\c2cccc(F)c2)c2nc3ccccc3c(C(=O)O)c2C1. The van der Waals surface area contributed by atoms with Crippen LogP contribution < -0.4 is 0 Å². The zero-order chi connectivity index (χ0) is 18.3. The van der Waals surface area contributed by atoms with E-state index in [0.717, 1.165) is 28.8 Å². The van der Waals surface area contributed by atoms with E-state index in [0.29, 0.717) is 28.8 Å². The van der Waals surface area contributed by atoms with Crippen molar-refractivity contribution in [3.63, 3.8) is 0 Å². The van der Waals surface area contributed by atoms with Crippen LogP contribution in [0.4, 0.5) is 4.39 Å². The molecule has 3 nitrogen and oxygen atoms in total. The molecule has 4 rings (SSSR count). The molecule has 0 aliphatic heterocycles. The molecule has 3 aromatic rings. The number of carboxylic acids is 1. The van der Waals surface area contributed by atoms with Crippen molar-refractivity contribution in [2.24, 2.45) is 5.92 Å². The highest BCUT2D eigenvalue weighted by atomic mass is 19.1. The summed E-state index contributed by atoms with van der Waals surface area (Å²) in [4.78, 5) is 16.8. The van der Waals surface area contributed by atoms with Crippen LogP contribution in [0.3, 0.4) is 0 Å². The molecular weight excluding hydrogens is 329 g/mol. The molecule has 0 fully saturated rings. The van der Waals surface area contributed by atoms with Crippen LogP contribution in [-0.4, -0.2) is 16.1 Å². The van der Waals surface area contributed by atoms with Crippen LogP contribution in [0.1, 0.15) is 40.5 Å². The molecule has 0 saturated heterocycles. The van der Waals surface area contributed by atoms with Crippen molar-refractivity contribution in [1.29, 1.82) is 0 Å². The Bertz CT molecular complexity index is 1060. The number of carbonyl (C=O) groups is 1. The van der Waals surface area contributed by atoms with E-state index in [1.54, 1.807) is 12.1 Å². The van der Waals surface area contributed by atoms with Crippen molar-refractivity contribution < 1.29 is 14.3 Å². The lowest BCUT2D eigenvalue weighted by Crippen LogP contribution is -2.17. The molecule has 1 aromatic heterocycles. The van der Waals surface area contributed by atoms with Gasteiger partial charge in [-0.2, -0.15) is 0 Å². The lowest BCUT2D eigenvalue weighted by atomic mass is 9.80. The van der Waals surface area contributed by atoms with E-state index >= 15 is 0 Å². The number of benzene rings is 2. The fourth-order valence-electron chi connectivity index (χ4n) is 3.78. The Morgan fingerprint density at radius 2 is 2.00 bits per heavy atom. The van der Waals surface area contributed by atoms with Gasteiger partial charge in [-0.3, -0.25) is 0 Å². The maximum Gasteiger partial charge on any atom is 0.336 e. The smallest absolute Gasteiger partial charge is 0.336 e. The molecule has 1 N–H and O–H groups in total. The van der Waals surface area contributed by atoms with Gasteiger partial charge in [-0.1, -0.05) is 37.3 Å². The van der Waals surface area contributed by atoms with Crippen LogP contribution in [0.25, 0.3) is 22.6 Å². The highest BCUT2D eigenvalue weighted by Gasteiger charge is 2.27. The maximum absolute atomic E-state index is 13.5. The first-order chi connectivity index (χ1) is 12.5. The number of para-hydroxylation sites is 1. The van der Waals surface area contributed by atoms with Crippen LogP contribution in [-0.2, 0) is 6.42 Å². The molecule has 1 unspecified atom stereocenters. The number of hydrogen-bond donors (Lipinski definition) is 1. The van der Waals surface area contributed by atoms with Crippen molar-refractivity contribution in [3.05, 3.63) is 76.7 Å². The fraction of sp³-hybridized carbons (Fsp3) is 0.182. The molecule has 1 aliphatic rings. The summed E-state index contributed by atoms with van der Waals surface area (Å²) in [5.41, 5.74) is 4.22. The third-order valence-corrected chi connectivity index (χ3v) is 4.82. The quantitative estimate of drug-likeness (QED) is 0.693. The van der Waals surface area contributed by atoms with E-state index in [4.69, 9.17) is 4.98 Å². The lowest BCUT2D eigenvalue weighted by Gasteiger charge is -2.26. The second-order valence-corrected chi connectivity index (χ2v) is 6.87. The number of fused-ring (bicyclic) bond motifs is 2. The van der Waals surface area contributed by atoms with Gasteiger partial charge in [0.25, 0.3) is 0 Å². The second-order valence-electron chi connectivity index (χ2n) is 6.87. The van der Waals surface area contributed by atoms with Crippen LogP contribution in [0.5, 0.6) is 0 Å². The molecule has 0 amide bonds. The molecule has 1 aliphatic carbocycles. The number of carboxylic acid groups (broad SMARTS) is 1. The minimum Gasteiger partial charge on any atom is -0.478 e. The number of aromatic carboxylic acids is 1. The molecule has 0 spiro atoms. The summed E-state index contributed by atoms with van der Waals surface area (Å²) in [7, 11) is 0. The number of nitrogens with zero attached hydrogens (tertiary/aromatic N) is 1. The van der Waals surface area contributed by atoms with E-state index in [1.165, 1.54) is 12.1 Å². The summed E-state index contributed by atoms with van der Waals surface area (Å²) >= 11 is 0. The lowest BCUT2D eigenvalue weighted by molar-refractivity contribution is 0.0697. The number of hydrogen-bond acceptors (Lipinski definition) is 2. The number of pyridine rings is 1. The fourth-order valence-corrected chi connectivity index (χ4v) is 3.78. The summed E-state index contributed by atoms with van der Waals surface area (Å²) in [6, 6.07) is 13.7. The molecule has 2 aromatic carbocycles. The molecule has 0 saturated carbocycles. The van der Waals surface area contributed by atoms with Crippen LogP contribution >= 0.6 is 0 Å². The largest absolute Gasteiger partial charge is 0.478 e. The molecule has 0 radical (unpaired) electrons.